The summed E-state index contributed by atoms with van der Waals surface area (Å²) in [6.45, 7) is 0. The molecule has 4 nitrogen and oxygen atoms in total. The topological polar surface area (TPSA) is 66.0 Å². The van der Waals surface area contributed by atoms with Crippen molar-refractivity contribution in [1.82, 2.24) is 10.2 Å². The second kappa shape index (κ2) is 4.02. The van der Waals surface area contributed by atoms with E-state index in [4.69, 9.17) is 5.11 Å². The molecule has 11 heavy (non-hydrogen) atoms. The van der Waals surface area contributed by atoms with Crippen molar-refractivity contribution in [2.24, 2.45) is 0 Å². The summed E-state index contributed by atoms with van der Waals surface area (Å²) < 4.78 is 0. The molecule has 5 heteroatoms. The van der Waals surface area contributed by atoms with Gasteiger partial charge in [-0.2, -0.15) is 5.10 Å². The van der Waals surface area contributed by atoms with Gasteiger partial charge in [0.25, 0.3) is 0 Å². The summed E-state index contributed by atoms with van der Waals surface area (Å²) in [4.78, 5) is 10.1. The van der Waals surface area contributed by atoms with Crippen LogP contribution in [0.2, 0.25) is 0 Å². The van der Waals surface area contributed by atoms with Crippen molar-refractivity contribution in [2.75, 3.05) is 5.75 Å². The largest absolute Gasteiger partial charge is 0.481 e. The predicted octanol–water partition coefficient (Wildman–Crippen LogP) is 0.728. The number of rotatable bonds is 4. The number of carbonyl (C=O) groups is 1. The van der Waals surface area contributed by atoms with Crippen LogP contribution in [-0.2, 0) is 10.5 Å². The Morgan fingerprint density at radius 3 is 3.18 bits per heavy atom. The van der Waals surface area contributed by atoms with Crippen LogP contribution in [0.5, 0.6) is 0 Å². The van der Waals surface area contributed by atoms with E-state index in [0.717, 1.165) is 5.69 Å². The summed E-state index contributed by atoms with van der Waals surface area (Å²) in [6.07, 6.45) is 1.65. The molecule has 0 aromatic carbocycles. The van der Waals surface area contributed by atoms with Crippen molar-refractivity contribution in [2.45, 2.75) is 5.75 Å². The highest BCUT2D eigenvalue weighted by Crippen LogP contribution is 2.07. The van der Waals surface area contributed by atoms with E-state index in [9.17, 15) is 4.79 Å². The molecule has 0 fully saturated rings. The Hall–Kier alpha value is -0.970. The van der Waals surface area contributed by atoms with E-state index in [1.54, 1.807) is 6.20 Å². The molecule has 0 saturated heterocycles. The second-order valence-electron chi connectivity index (χ2n) is 1.97. The maximum atomic E-state index is 10.1. The lowest BCUT2D eigenvalue weighted by Crippen LogP contribution is -1.98. The number of aliphatic carboxylic acids is 1. The number of H-pyrrole nitrogens is 1. The molecule has 0 radical (unpaired) electrons. The summed E-state index contributed by atoms with van der Waals surface area (Å²) >= 11 is 1.35. The number of nitrogens with one attached hydrogen (secondary N) is 1. The molecule has 0 spiro atoms. The Kier molecular flexibility index (Phi) is 2.97. The fraction of sp³-hybridized carbons (Fsp3) is 0.333. The van der Waals surface area contributed by atoms with Crippen molar-refractivity contribution in [3.05, 3.63) is 18.0 Å². The first-order valence-corrected chi connectivity index (χ1v) is 4.22. The van der Waals surface area contributed by atoms with Gasteiger partial charge in [-0.25, -0.2) is 0 Å². The van der Waals surface area contributed by atoms with Gasteiger partial charge in [0.15, 0.2) is 0 Å². The van der Waals surface area contributed by atoms with E-state index in [1.165, 1.54) is 11.8 Å². The first kappa shape index (κ1) is 8.13. The van der Waals surface area contributed by atoms with Crippen LogP contribution in [0.25, 0.3) is 0 Å². The van der Waals surface area contributed by atoms with Crippen LogP contribution in [-0.4, -0.2) is 27.0 Å². The molecule has 0 aliphatic carbocycles. The van der Waals surface area contributed by atoms with Gasteiger partial charge < -0.3 is 5.11 Å². The van der Waals surface area contributed by atoms with E-state index in [2.05, 4.69) is 10.2 Å². The standard InChI is InChI=1S/C6H8N2O2S/c9-6(10)4-11-3-5-1-2-7-8-5/h1-2H,3-4H2,(H,7,8)(H,9,10). The molecule has 0 saturated carbocycles. The minimum atomic E-state index is -0.783. The smallest absolute Gasteiger partial charge is 0.313 e. The third-order valence-electron chi connectivity index (χ3n) is 1.04. The molecule has 0 aliphatic rings. The van der Waals surface area contributed by atoms with Crippen LogP contribution < -0.4 is 0 Å². The van der Waals surface area contributed by atoms with E-state index >= 15 is 0 Å². The van der Waals surface area contributed by atoms with Gasteiger partial charge in [-0.3, -0.25) is 9.89 Å². The van der Waals surface area contributed by atoms with Crippen LogP contribution in [0, 0.1) is 0 Å². The molecule has 2 N–H and O–H groups in total. The Labute approximate surface area is 68.0 Å². The Morgan fingerprint density at radius 2 is 2.64 bits per heavy atom. The molecule has 1 aromatic heterocycles. The highest BCUT2D eigenvalue weighted by Gasteiger charge is 1.98. The molecule has 60 valence electrons. The molecule has 1 aromatic rings. The lowest BCUT2D eigenvalue weighted by molar-refractivity contribution is -0.133. The molecule has 0 amide bonds. The molecule has 0 aliphatic heterocycles. The van der Waals surface area contributed by atoms with Crippen molar-refractivity contribution in [1.29, 1.82) is 0 Å². The van der Waals surface area contributed by atoms with Crippen molar-refractivity contribution in [3.8, 4) is 0 Å². The highest BCUT2D eigenvalue weighted by atomic mass is 32.2. The number of carboxylic acids is 1. The van der Waals surface area contributed by atoms with Crippen molar-refractivity contribution in [3.63, 3.8) is 0 Å². The predicted molar refractivity (Wildman–Crippen MR) is 42.4 cm³/mol. The first-order chi connectivity index (χ1) is 5.29. The third kappa shape index (κ3) is 3.08. The van der Waals surface area contributed by atoms with E-state index in [-0.39, 0.29) is 5.75 Å². The number of hydrogen-bond acceptors (Lipinski definition) is 3. The van der Waals surface area contributed by atoms with E-state index < -0.39 is 5.97 Å². The zero-order chi connectivity index (χ0) is 8.10. The fourth-order valence-electron chi connectivity index (χ4n) is 0.613. The van der Waals surface area contributed by atoms with E-state index in [0.29, 0.717) is 5.75 Å². The average Bonchev–Trinajstić information content (AvgIpc) is 2.39. The van der Waals surface area contributed by atoms with Crippen LogP contribution in [0.3, 0.4) is 0 Å². The average molecular weight is 172 g/mol. The van der Waals surface area contributed by atoms with Gasteiger partial charge >= 0.3 is 5.97 Å². The SMILES string of the molecule is O=C(O)CSCc1ccn[nH]1. The minimum absolute atomic E-state index is 0.138. The third-order valence-corrected chi connectivity index (χ3v) is 2.01. The monoisotopic (exact) mass is 172 g/mol. The Morgan fingerprint density at radius 1 is 1.82 bits per heavy atom. The molecule has 0 bridgehead atoms. The van der Waals surface area contributed by atoms with Gasteiger partial charge in [0.2, 0.25) is 0 Å². The molecule has 1 rings (SSSR count). The summed E-state index contributed by atoms with van der Waals surface area (Å²) in [6, 6.07) is 1.83. The quantitative estimate of drug-likeness (QED) is 0.702. The fourth-order valence-corrected chi connectivity index (χ4v) is 1.27. The Balaban J connectivity index is 2.19. The maximum Gasteiger partial charge on any atom is 0.313 e. The lowest BCUT2D eigenvalue weighted by Gasteiger charge is -1.93. The molecular weight excluding hydrogens is 164 g/mol. The molecule has 1 heterocycles. The summed E-state index contributed by atoms with van der Waals surface area (Å²) in [5, 5.41) is 14.8. The number of hydrogen-bond donors (Lipinski definition) is 2. The first-order valence-electron chi connectivity index (χ1n) is 3.07. The zero-order valence-corrected chi connectivity index (χ0v) is 6.60. The number of aromatic nitrogens is 2. The van der Waals surface area contributed by atoms with Crippen molar-refractivity contribution < 1.29 is 9.90 Å². The molecule has 0 unspecified atom stereocenters. The number of thioether (sulfide) groups is 1. The van der Waals surface area contributed by atoms with Crippen LogP contribution in [0.4, 0.5) is 0 Å². The molecular formula is C6H8N2O2S. The minimum Gasteiger partial charge on any atom is -0.481 e. The summed E-state index contributed by atoms with van der Waals surface area (Å²) in [5.41, 5.74) is 0.955. The molecule has 0 atom stereocenters. The van der Waals surface area contributed by atoms with Crippen LogP contribution >= 0.6 is 11.8 Å². The van der Waals surface area contributed by atoms with E-state index in [1.807, 2.05) is 6.07 Å². The normalized spacial score (nSPS) is 9.82. The van der Waals surface area contributed by atoms with Gasteiger partial charge in [0.05, 0.1) is 5.75 Å². The Bertz CT molecular complexity index is 222. The van der Waals surface area contributed by atoms with Crippen LogP contribution in [0.1, 0.15) is 5.69 Å². The summed E-state index contributed by atoms with van der Waals surface area (Å²) in [7, 11) is 0. The van der Waals surface area contributed by atoms with Crippen LogP contribution in [0.15, 0.2) is 12.3 Å². The van der Waals surface area contributed by atoms with Gasteiger partial charge in [0, 0.05) is 17.6 Å². The summed E-state index contributed by atoms with van der Waals surface area (Å²) in [5.74, 6) is 0.0280. The van der Waals surface area contributed by atoms with Crippen molar-refractivity contribution >= 4 is 17.7 Å². The highest BCUT2D eigenvalue weighted by molar-refractivity contribution is 7.99. The zero-order valence-electron chi connectivity index (χ0n) is 5.78. The van der Waals surface area contributed by atoms with Gasteiger partial charge in [-0.15, -0.1) is 11.8 Å². The maximum absolute atomic E-state index is 10.1. The number of carboxylic acid groups (broad SMARTS) is 1. The number of nitrogens with zero attached hydrogens (tertiary/aromatic N) is 1. The van der Waals surface area contributed by atoms with Gasteiger partial charge in [0.1, 0.15) is 0 Å². The second-order valence-corrected chi connectivity index (χ2v) is 2.95. The van der Waals surface area contributed by atoms with Gasteiger partial charge in [-0.05, 0) is 6.07 Å². The lowest BCUT2D eigenvalue weighted by atomic mass is 10.5. The van der Waals surface area contributed by atoms with Gasteiger partial charge in [-0.1, -0.05) is 0 Å². The number of aromatic amines is 1.